The molecule has 2 nitrogen and oxygen atoms in total. The van der Waals surface area contributed by atoms with Crippen molar-refractivity contribution in [2.45, 2.75) is 39.3 Å². The molecule has 1 aliphatic heterocycles. The van der Waals surface area contributed by atoms with Crippen LogP contribution in [0.2, 0.25) is 0 Å². The standard InChI is InChI=1S/C15H24N2/c1-12-5-4-10-17(13(12)2)15-8-6-14(7-9-15)11-16-3/h6-9,12-13,16H,4-5,10-11H2,1-3H3. The lowest BCUT2D eigenvalue weighted by Crippen LogP contribution is -2.42. The summed E-state index contributed by atoms with van der Waals surface area (Å²) in [5.74, 6) is 0.806. The van der Waals surface area contributed by atoms with Crippen molar-refractivity contribution in [3.05, 3.63) is 29.8 Å². The van der Waals surface area contributed by atoms with Gasteiger partial charge in [0.1, 0.15) is 0 Å². The molecule has 17 heavy (non-hydrogen) atoms. The summed E-state index contributed by atoms with van der Waals surface area (Å²) in [6, 6.07) is 9.66. The second-order valence-corrected chi connectivity index (χ2v) is 5.25. The van der Waals surface area contributed by atoms with Crippen LogP contribution < -0.4 is 10.2 Å². The van der Waals surface area contributed by atoms with Crippen LogP contribution in [0.1, 0.15) is 32.3 Å². The van der Waals surface area contributed by atoms with Gasteiger partial charge in [0.25, 0.3) is 0 Å². The molecule has 0 saturated carbocycles. The highest BCUT2D eigenvalue weighted by Gasteiger charge is 2.24. The number of nitrogens with zero attached hydrogens (tertiary/aromatic N) is 1. The number of benzene rings is 1. The first-order valence-corrected chi connectivity index (χ1v) is 6.72. The average Bonchev–Trinajstić information content (AvgIpc) is 2.34. The second-order valence-electron chi connectivity index (χ2n) is 5.25. The molecule has 94 valence electrons. The molecule has 0 spiro atoms. The predicted octanol–water partition coefficient (Wildman–Crippen LogP) is 3.03. The Hall–Kier alpha value is -1.02. The highest BCUT2D eigenvalue weighted by molar-refractivity contribution is 5.49. The van der Waals surface area contributed by atoms with Crippen LogP contribution in [0.4, 0.5) is 5.69 Å². The average molecular weight is 232 g/mol. The van der Waals surface area contributed by atoms with E-state index in [0.29, 0.717) is 6.04 Å². The SMILES string of the molecule is CNCc1ccc(N2CCCC(C)C2C)cc1. The van der Waals surface area contributed by atoms with Gasteiger partial charge in [0.2, 0.25) is 0 Å². The van der Waals surface area contributed by atoms with Crippen LogP contribution in [0, 0.1) is 5.92 Å². The molecule has 1 saturated heterocycles. The van der Waals surface area contributed by atoms with E-state index in [0.717, 1.165) is 12.5 Å². The maximum Gasteiger partial charge on any atom is 0.0368 e. The maximum absolute atomic E-state index is 3.19. The minimum atomic E-state index is 0.666. The van der Waals surface area contributed by atoms with Gasteiger partial charge in [-0.15, -0.1) is 0 Å². The fraction of sp³-hybridized carbons (Fsp3) is 0.600. The quantitative estimate of drug-likeness (QED) is 0.861. The molecule has 0 radical (unpaired) electrons. The molecule has 2 rings (SSSR count). The smallest absolute Gasteiger partial charge is 0.0368 e. The van der Waals surface area contributed by atoms with E-state index < -0.39 is 0 Å². The lowest BCUT2D eigenvalue weighted by molar-refractivity contribution is 0.363. The molecule has 1 N–H and O–H groups in total. The summed E-state index contributed by atoms with van der Waals surface area (Å²) in [5, 5.41) is 3.19. The van der Waals surface area contributed by atoms with Gasteiger partial charge in [0.15, 0.2) is 0 Å². The molecule has 2 unspecified atom stereocenters. The van der Waals surface area contributed by atoms with E-state index in [1.165, 1.54) is 30.6 Å². The van der Waals surface area contributed by atoms with Gasteiger partial charge in [-0.1, -0.05) is 19.1 Å². The highest BCUT2D eigenvalue weighted by Crippen LogP contribution is 2.28. The van der Waals surface area contributed by atoms with Gasteiger partial charge in [0.05, 0.1) is 0 Å². The molecule has 1 aromatic carbocycles. The van der Waals surface area contributed by atoms with Crippen molar-refractivity contribution in [1.82, 2.24) is 5.32 Å². The van der Waals surface area contributed by atoms with Crippen LogP contribution in [0.15, 0.2) is 24.3 Å². The molecular formula is C15H24N2. The predicted molar refractivity (Wildman–Crippen MR) is 74.4 cm³/mol. The monoisotopic (exact) mass is 232 g/mol. The van der Waals surface area contributed by atoms with Gasteiger partial charge in [-0.2, -0.15) is 0 Å². The van der Waals surface area contributed by atoms with Crippen molar-refractivity contribution >= 4 is 5.69 Å². The number of hydrogen-bond donors (Lipinski definition) is 1. The number of rotatable bonds is 3. The van der Waals surface area contributed by atoms with Crippen molar-refractivity contribution in [3.8, 4) is 0 Å². The van der Waals surface area contributed by atoms with E-state index in [-0.39, 0.29) is 0 Å². The van der Waals surface area contributed by atoms with Crippen LogP contribution in [0.5, 0.6) is 0 Å². The highest BCUT2D eigenvalue weighted by atomic mass is 15.2. The lowest BCUT2D eigenvalue weighted by atomic mass is 9.91. The molecule has 1 aromatic rings. The topological polar surface area (TPSA) is 15.3 Å². The Morgan fingerprint density at radius 1 is 1.24 bits per heavy atom. The van der Waals surface area contributed by atoms with Crippen molar-refractivity contribution in [2.75, 3.05) is 18.5 Å². The third kappa shape index (κ3) is 2.81. The largest absolute Gasteiger partial charge is 0.369 e. The van der Waals surface area contributed by atoms with E-state index in [9.17, 15) is 0 Å². The Labute approximate surface area is 105 Å². The van der Waals surface area contributed by atoms with Crippen LogP contribution in [-0.2, 0) is 6.54 Å². The second kappa shape index (κ2) is 5.54. The van der Waals surface area contributed by atoms with Crippen LogP contribution in [-0.4, -0.2) is 19.6 Å². The molecule has 0 aromatic heterocycles. The normalized spacial score (nSPS) is 25.0. The summed E-state index contributed by atoms with van der Waals surface area (Å²) in [6.07, 6.45) is 2.69. The molecule has 0 aliphatic carbocycles. The molecule has 0 bridgehead atoms. The Balaban J connectivity index is 2.10. The fourth-order valence-corrected chi connectivity index (χ4v) is 2.71. The van der Waals surface area contributed by atoms with Gasteiger partial charge in [0, 0.05) is 24.8 Å². The van der Waals surface area contributed by atoms with Gasteiger partial charge < -0.3 is 10.2 Å². The Kier molecular flexibility index (Phi) is 4.06. The van der Waals surface area contributed by atoms with Gasteiger partial charge in [-0.25, -0.2) is 0 Å². The first-order valence-electron chi connectivity index (χ1n) is 6.72. The zero-order chi connectivity index (χ0) is 12.3. The zero-order valence-electron chi connectivity index (χ0n) is 11.2. The third-order valence-corrected chi connectivity index (χ3v) is 4.02. The minimum absolute atomic E-state index is 0.666. The summed E-state index contributed by atoms with van der Waals surface area (Å²) in [7, 11) is 1.99. The summed E-state index contributed by atoms with van der Waals surface area (Å²) in [4.78, 5) is 2.55. The Morgan fingerprint density at radius 3 is 2.59 bits per heavy atom. The zero-order valence-corrected chi connectivity index (χ0v) is 11.2. The molecule has 1 fully saturated rings. The number of piperidine rings is 1. The first-order chi connectivity index (χ1) is 8.22. The van der Waals surface area contributed by atoms with E-state index in [2.05, 4.69) is 48.3 Å². The van der Waals surface area contributed by atoms with Crippen molar-refractivity contribution < 1.29 is 0 Å². The van der Waals surface area contributed by atoms with Gasteiger partial charge in [-0.3, -0.25) is 0 Å². The molecular weight excluding hydrogens is 208 g/mol. The Morgan fingerprint density at radius 2 is 1.94 bits per heavy atom. The molecule has 2 atom stereocenters. The van der Waals surface area contributed by atoms with Crippen LogP contribution in [0.3, 0.4) is 0 Å². The third-order valence-electron chi connectivity index (χ3n) is 4.02. The Bertz CT molecular complexity index is 344. The van der Waals surface area contributed by atoms with Crippen molar-refractivity contribution in [3.63, 3.8) is 0 Å². The van der Waals surface area contributed by atoms with Gasteiger partial charge >= 0.3 is 0 Å². The summed E-state index contributed by atoms with van der Waals surface area (Å²) >= 11 is 0. The van der Waals surface area contributed by atoms with Gasteiger partial charge in [-0.05, 0) is 50.4 Å². The minimum Gasteiger partial charge on any atom is -0.369 e. The van der Waals surface area contributed by atoms with E-state index >= 15 is 0 Å². The summed E-state index contributed by atoms with van der Waals surface area (Å²) < 4.78 is 0. The van der Waals surface area contributed by atoms with E-state index in [1.54, 1.807) is 0 Å². The van der Waals surface area contributed by atoms with E-state index in [1.807, 2.05) is 7.05 Å². The fourth-order valence-electron chi connectivity index (χ4n) is 2.71. The number of hydrogen-bond acceptors (Lipinski definition) is 2. The molecule has 1 heterocycles. The van der Waals surface area contributed by atoms with E-state index in [4.69, 9.17) is 0 Å². The van der Waals surface area contributed by atoms with Crippen LogP contribution >= 0.6 is 0 Å². The number of anilines is 1. The molecule has 1 aliphatic rings. The number of nitrogens with one attached hydrogen (secondary N) is 1. The van der Waals surface area contributed by atoms with Crippen molar-refractivity contribution in [2.24, 2.45) is 5.92 Å². The van der Waals surface area contributed by atoms with Crippen molar-refractivity contribution in [1.29, 1.82) is 0 Å². The summed E-state index contributed by atoms with van der Waals surface area (Å²) in [6.45, 7) is 6.88. The molecule has 2 heteroatoms. The molecule has 0 amide bonds. The first kappa shape index (κ1) is 12.4. The maximum atomic E-state index is 3.19. The summed E-state index contributed by atoms with van der Waals surface area (Å²) in [5.41, 5.74) is 2.73. The lowest BCUT2D eigenvalue weighted by Gasteiger charge is -2.39. The van der Waals surface area contributed by atoms with Crippen LogP contribution in [0.25, 0.3) is 0 Å².